The number of rotatable bonds is 4. The second-order valence-corrected chi connectivity index (χ2v) is 4.69. The fourth-order valence-electron chi connectivity index (χ4n) is 2.10. The molecule has 0 bridgehead atoms. The molecule has 5 nitrogen and oxygen atoms in total. The van der Waals surface area contributed by atoms with Gasteiger partial charge in [-0.2, -0.15) is 0 Å². The predicted molar refractivity (Wildman–Crippen MR) is 66.5 cm³/mol. The van der Waals surface area contributed by atoms with Crippen molar-refractivity contribution in [2.45, 2.75) is 38.9 Å². The molecule has 2 rings (SSSR count). The molecule has 96 valence electrons. The Labute approximate surface area is 106 Å². The van der Waals surface area contributed by atoms with Gasteiger partial charge in [-0.15, -0.1) is 0 Å². The highest BCUT2D eigenvalue weighted by Gasteiger charge is 2.39. The Morgan fingerprint density at radius 3 is 2.83 bits per heavy atom. The number of nitrogens with one attached hydrogen (secondary N) is 1. The molecule has 2 amide bonds. The highest BCUT2D eigenvalue weighted by Crippen LogP contribution is 2.16. The number of likely N-dealkylation sites (tertiary alicyclic amines) is 1. The van der Waals surface area contributed by atoms with E-state index in [1.165, 1.54) is 4.90 Å². The second-order valence-electron chi connectivity index (χ2n) is 4.69. The first-order chi connectivity index (χ1) is 8.59. The van der Waals surface area contributed by atoms with Crippen molar-refractivity contribution in [3.63, 3.8) is 0 Å². The first-order valence-corrected chi connectivity index (χ1v) is 6.08. The molecule has 0 spiro atoms. The number of hydrogen-bond donors (Lipinski definition) is 1. The van der Waals surface area contributed by atoms with Crippen molar-refractivity contribution in [1.82, 2.24) is 15.2 Å². The molecule has 5 heteroatoms. The van der Waals surface area contributed by atoms with Gasteiger partial charge in [-0.25, -0.2) is 0 Å². The second kappa shape index (κ2) is 5.27. The van der Waals surface area contributed by atoms with Crippen LogP contribution in [0.4, 0.5) is 0 Å². The largest absolute Gasteiger partial charge is 0.301 e. The monoisotopic (exact) mass is 247 g/mol. The summed E-state index contributed by atoms with van der Waals surface area (Å²) in [6, 6.07) is 3.30. The molecule has 2 heterocycles. The van der Waals surface area contributed by atoms with Crippen LogP contribution in [0.3, 0.4) is 0 Å². The summed E-state index contributed by atoms with van der Waals surface area (Å²) >= 11 is 0. The summed E-state index contributed by atoms with van der Waals surface area (Å²) in [5.41, 5.74) is 1.00. The van der Waals surface area contributed by atoms with Crippen LogP contribution >= 0.6 is 0 Å². The molecule has 0 saturated carbocycles. The number of amides is 2. The van der Waals surface area contributed by atoms with E-state index < -0.39 is 6.04 Å². The Kier molecular flexibility index (Phi) is 3.72. The van der Waals surface area contributed by atoms with Crippen LogP contribution in [0.2, 0.25) is 0 Å². The third kappa shape index (κ3) is 2.56. The smallest absolute Gasteiger partial charge is 0.247 e. The molecule has 1 aliphatic rings. The first kappa shape index (κ1) is 12.7. The molecule has 0 aliphatic carbocycles. The fraction of sp³-hybridized carbons (Fsp3) is 0.462. The molecule has 1 aromatic heterocycles. The summed E-state index contributed by atoms with van der Waals surface area (Å²) in [5, 5.41) is 3.11. The average Bonchev–Trinajstić information content (AvgIpc) is 2.63. The van der Waals surface area contributed by atoms with E-state index in [2.05, 4.69) is 10.3 Å². The molecule has 1 unspecified atom stereocenters. The molecule has 0 radical (unpaired) electrons. The molecule has 1 fully saturated rings. The molecule has 18 heavy (non-hydrogen) atoms. The summed E-state index contributed by atoms with van der Waals surface area (Å²) in [7, 11) is 0. The third-order valence-corrected chi connectivity index (χ3v) is 2.97. The summed E-state index contributed by atoms with van der Waals surface area (Å²) in [6.45, 7) is 4.24. The maximum absolute atomic E-state index is 12.0. The van der Waals surface area contributed by atoms with E-state index >= 15 is 0 Å². The van der Waals surface area contributed by atoms with Gasteiger partial charge in [0, 0.05) is 25.0 Å². The minimum atomic E-state index is -0.403. The van der Waals surface area contributed by atoms with E-state index in [-0.39, 0.29) is 24.3 Å². The van der Waals surface area contributed by atoms with Crippen LogP contribution in [0.1, 0.15) is 25.8 Å². The van der Waals surface area contributed by atoms with E-state index in [9.17, 15) is 9.59 Å². The van der Waals surface area contributed by atoms with Crippen LogP contribution in [0.15, 0.2) is 24.5 Å². The Hall–Kier alpha value is -1.75. The lowest BCUT2D eigenvalue weighted by atomic mass is 10.2. The standard InChI is InChI=1S/C13H17N3O2/c1-9(2)16-12(17)6-11(13(16)18)15-8-10-4-3-5-14-7-10/h3-5,7,9,11,15H,6,8H2,1-2H3. The highest BCUT2D eigenvalue weighted by atomic mass is 16.2. The molecule has 1 N–H and O–H groups in total. The molecule has 1 saturated heterocycles. The van der Waals surface area contributed by atoms with E-state index in [0.717, 1.165) is 5.56 Å². The molecular weight excluding hydrogens is 230 g/mol. The lowest BCUT2D eigenvalue weighted by Crippen LogP contribution is -2.41. The van der Waals surface area contributed by atoms with Crippen molar-refractivity contribution in [3.05, 3.63) is 30.1 Å². The minimum Gasteiger partial charge on any atom is -0.301 e. The first-order valence-electron chi connectivity index (χ1n) is 6.08. The molecular formula is C13H17N3O2. The van der Waals surface area contributed by atoms with Crippen LogP contribution < -0.4 is 5.32 Å². The van der Waals surface area contributed by atoms with Gasteiger partial charge in [0.15, 0.2) is 0 Å². The number of aromatic nitrogens is 1. The van der Waals surface area contributed by atoms with Crippen molar-refractivity contribution in [2.24, 2.45) is 0 Å². The Morgan fingerprint density at radius 2 is 2.28 bits per heavy atom. The predicted octanol–water partition coefficient (Wildman–Crippen LogP) is 0.707. The van der Waals surface area contributed by atoms with Gasteiger partial charge in [0.25, 0.3) is 0 Å². The van der Waals surface area contributed by atoms with Crippen LogP contribution in [0.5, 0.6) is 0 Å². The van der Waals surface area contributed by atoms with Gasteiger partial charge in [-0.05, 0) is 25.5 Å². The normalized spacial score (nSPS) is 19.9. The van der Waals surface area contributed by atoms with Crippen LogP contribution in [0.25, 0.3) is 0 Å². The Morgan fingerprint density at radius 1 is 1.50 bits per heavy atom. The lowest BCUT2D eigenvalue weighted by Gasteiger charge is -2.19. The number of hydrogen-bond acceptors (Lipinski definition) is 4. The van der Waals surface area contributed by atoms with Gasteiger partial charge in [0.2, 0.25) is 11.8 Å². The minimum absolute atomic E-state index is 0.0739. The molecule has 1 atom stereocenters. The van der Waals surface area contributed by atoms with Crippen LogP contribution in [-0.2, 0) is 16.1 Å². The van der Waals surface area contributed by atoms with Crippen molar-refractivity contribution in [2.75, 3.05) is 0 Å². The SMILES string of the molecule is CC(C)N1C(=O)CC(NCc2cccnc2)C1=O. The van der Waals surface area contributed by atoms with Gasteiger partial charge >= 0.3 is 0 Å². The van der Waals surface area contributed by atoms with E-state index in [4.69, 9.17) is 0 Å². The maximum atomic E-state index is 12.0. The highest BCUT2D eigenvalue weighted by molar-refractivity contribution is 6.05. The number of carbonyl (C=O) groups excluding carboxylic acids is 2. The maximum Gasteiger partial charge on any atom is 0.247 e. The topological polar surface area (TPSA) is 62.3 Å². The van der Waals surface area contributed by atoms with Gasteiger partial charge in [0.1, 0.15) is 0 Å². The number of nitrogens with zero attached hydrogens (tertiary/aromatic N) is 2. The number of carbonyl (C=O) groups is 2. The molecule has 1 aliphatic heterocycles. The fourth-order valence-corrected chi connectivity index (χ4v) is 2.10. The zero-order valence-electron chi connectivity index (χ0n) is 10.6. The zero-order valence-corrected chi connectivity index (χ0v) is 10.6. The molecule has 1 aromatic rings. The van der Waals surface area contributed by atoms with Crippen LogP contribution in [-0.4, -0.2) is 33.8 Å². The van der Waals surface area contributed by atoms with Crippen molar-refractivity contribution in [1.29, 1.82) is 0 Å². The summed E-state index contributed by atoms with van der Waals surface area (Å²) < 4.78 is 0. The van der Waals surface area contributed by atoms with Crippen molar-refractivity contribution < 1.29 is 9.59 Å². The van der Waals surface area contributed by atoms with Gasteiger partial charge < -0.3 is 5.32 Å². The van der Waals surface area contributed by atoms with Gasteiger partial charge in [-0.3, -0.25) is 19.5 Å². The average molecular weight is 247 g/mol. The number of imide groups is 1. The van der Waals surface area contributed by atoms with E-state index in [0.29, 0.717) is 6.54 Å². The van der Waals surface area contributed by atoms with Crippen LogP contribution in [0, 0.1) is 0 Å². The van der Waals surface area contributed by atoms with Crippen molar-refractivity contribution in [3.8, 4) is 0 Å². The Balaban J connectivity index is 1.96. The summed E-state index contributed by atoms with van der Waals surface area (Å²) in [6.07, 6.45) is 3.69. The summed E-state index contributed by atoms with van der Waals surface area (Å²) in [5.74, 6) is -0.224. The Bertz CT molecular complexity index is 445. The lowest BCUT2D eigenvalue weighted by molar-refractivity contribution is -0.140. The van der Waals surface area contributed by atoms with E-state index in [1.54, 1.807) is 12.4 Å². The van der Waals surface area contributed by atoms with E-state index in [1.807, 2.05) is 26.0 Å². The zero-order chi connectivity index (χ0) is 13.1. The number of pyridine rings is 1. The summed E-state index contributed by atoms with van der Waals surface area (Å²) in [4.78, 5) is 29.0. The van der Waals surface area contributed by atoms with Crippen molar-refractivity contribution >= 4 is 11.8 Å². The third-order valence-electron chi connectivity index (χ3n) is 2.97. The van der Waals surface area contributed by atoms with Gasteiger partial charge in [-0.1, -0.05) is 6.07 Å². The van der Waals surface area contributed by atoms with Gasteiger partial charge in [0.05, 0.1) is 12.5 Å². The quantitative estimate of drug-likeness (QED) is 0.796. The molecule has 0 aromatic carbocycles.